The molecule has 4 atom stereocenters. The van der Waals surface area contributed by atoms with Gasteiger partial charge in [-0.2, -0.15) is 0 Å². The van der Waals surface area contributed by atoms with Gasteiger partial charge in [0, 0.05) is 25.2 Å². The number of nitrogens with zero attached hydrogens (tertiary/aromatic N) is 1. The highest BCUT2D eigenvalue weighted by Gasteiger charge is 2.44. The Morgan fingerprint density at radius 1 is 1.35 bits per heavy atom. The summed E-state index contributed by atoms with van der Waals surface area (Å²) in [5.74, 6) is 1.25. The Morgan fingerprint density at radius 2 is 2.06 bits per heavy atom. The van der Waals surface area contributed by atoms with E-state index in [0.29, 0.717) is 30.0 Å². The first kappa shape index (κ1) is 12.9. The lowest BCUT2D eigenvalue weighted by Crippen LogP contribution is -2.43. The molecule has 0 aromatic carbocycles. The molecule has 0 aliphatic carbocycles. The molecule has 2 saturated heterocycles. The minimum absolute atomic E-state index is 0.244. The first-order valence-electron chi connectivity index (χ1n) is 7.01. The van der Waals surface area contributed by atoms with Gasteiger partial charge in [-0.15, -0.1) is 0 Å². The summed E-state index contributed by atoms with van der Waals surface area (Å²) in [6.07, 6.45) is 4.60. The van der Waals surface area contributed by atoms with Crippen molar-refractivity contribution in [2.75, 3.05) is 7.05 Å². The van der Waals surface area contributed by atoms with Gasteiger partial charge in [0.15, 0.2) is 0 Å². The van der Waals surface area contributed by atoms with E-state index >= 15 is 0 Å². The lowest BCUT2D eigenvalue weighted by molar-refractivity contribution is -0.136. The van der Waals surface area contributed by atoms with Crippen LogP contribution in [0.25, 0.3) is 0 Å². The number of hydrogen-bond donors (Lipinski definition) is 1. The van der Waals surface area contributed by atoms with E-state index in [9.17, 15) is 4.79 Å². The molecular formula is C14H26N2O. The third-order valence-electron chi connectivity index (χ3n) is 4.44. The maximum Gasteiger partial charge on any atom is 0.227 e. The van der Waals surface area contributed by atoms with Gasteiger partial charge in [-0.3, -0.25) is 4.79 Å². The fraction of sp³-hybridized carbons (Fsp3) is 0.929. The highest BCUT2D eigenvalue weighted by atomic mass is 16.2. The van der Waals surface area contributed by atoms with Crippen molar-refractivity contribution in [1.82, 2.24) is 10.2 Å². The van der Waals surface area contributed by atoms with Crippen molar-refractivity contribution < 1.29 is 4.79 Å². The minimum Gasteiger partial charge on any atom is -0.343 e. The van der Waals surface area contributed by atoms with Crippen molar-refractivity contribution in [3.63, 3.8) is 0 Å². The van der Waals surface area contributed by atoms with Crippen molar-refractivity contribution >= 4 is 5.91 Å². The summed E-state index contributed by atoms with van der Waals surface area (Å²) in [4.78, 5) is 14.4. The third-order valence-corrected chi connectivity index (χ3v) is 4.44. The average molecular weight is 238 g/mol. The maximum absolute atomic E-state index is 12.4. The van der Waals surface area contributed by atoms with Crippen molar-refractivity contribution in [3.8, 4) is 0 Å². The molecule has 17 heavy (non-hydrogen) atoms. The molecule has 1 amide bonds. The molecule has 0 spiro atoms. The van der Waals surface area contributed by atoms with Crippen molar-refractivity contribution in [1.29, 1.82) is 0 Å². The first-order valence-corrected chi connectivity index (χ1v) is 7.01. The normalized spacial score (nSPS) is 33.1. The van der Waals surface area contributed by atoms with E-state index in [0.717, 1.165) is 12.8 Å². The van der Waals surface area contributed by atoms with Crippen LogP contribution < -0.4 is 5.32 Å². The van der Waals surface area contributed by atoms with Crippen LogP contribution in [0.4, 0.5) is 0 Å². The highest BCUT2D eigenvalue weighted by Crippen LogP contribution is 2.34. The molecule has 0 aromatic heterocycles. The predicted octanol–water partition coefficient (Wildman–Crippen LogP) is 2.02. The van der Waals surface area contributed by atoms with E-state index in [1.807, 2.05) is 11.9 Å². The SMILES string of the molecule is CC(C)CC(C)N(C)C(=O)C1CC2CCC1N2. The lowest BCUT2D eigenvalue weighted by Gasteiger charge is -2.31. The molecule has 0 saturated carbocycles. The van der Waals surface area contributed by atoms with Gasteiger partial charge >= 0.3 is 0 Å². The Bertz CT molecular complexity index is 290. The van der Waals surface area contributed by atoms with Crippen molar-refractivity contribution in [2.45, 2.75) is 64.6 Å². The Kier molecular flexibility index (Phi) is 3.76. The van der Waals surface area contributed by atoms with Gasteiger partial charge in [-0.1, -0.05) is 13.8 Å². The summed E-state index contributed by atoms with van der Waals surface area (Å²) >= 11 is 0. The van der Waals surface area contributed by atoms with E-state index in [1.165, 1.54) is 12.8 Å². The first-order chi connectivity index (χ1) is 7.99. The zero-order valence-electron chi connectivity index (χ0n) is 11.6. The van der Waals surface area contributed by atoms with Crippen LogP contribution in [0.3, 0.4) is 0 Å². The van der Waals surface area contributed by atoms with Crippen LogP contribution in [-0.2, 0) is 4.79 Å². The molecule has 1 N–H and O–H groups in total. The molecule has 2 bridgehead atoms. The average Bonchev–Trinajstić information content (AvgIpc) is 2.87. The molecule has 0 aromatic rings. The van der Waals surface area contributed by atoms with E-state index < -0.39 is 0 Å². The molecule has 0 radical (unpaired) electrons. The number of nitrogens with one attached hydrogen (secondary N) is 1. The predicted molar refractivity (Wildman–Crippen MR) is 69.7 cm³/mol. The molecule has 2 heterocycles. The number of carbonyl (C=O) groups excluding carboxylic acids is 1. The Morgan fingerprint density at radius 3 is 2.53 bits per heavy atom. The van der Waals surface area contributed by atoms with Crippen LogP contribution in [0.1, 0.15) is 46.5 Å². The second kappa shape index (κ2) is 4.97. The maximum atomic E-state index is 12.4. The standard InChI is InChI=1S/C14H26N2O/c1-9(2)7-10(3)16(4)14(17)12-8-11-5-6-13(12)15-11/h9-13,15H,5-8H2,1-4H3. The number of carbonyl (C=O) groups is 1. The van der Waals surface area contributed by atoms with Crippen molar-refractivity contribution in [3.05, 3.63) is 0 Å². The highest BCUT2D eigenvalue weighted by molar-refractivity contribution is 5.80. The molecule has 2 rings (SSSR count). The molecule has 98 valence electrons. The molecule has 2 aliphatic rings. The minimum atomic E-state index is 0.244. The van der Waals surface area contributed by atoms with Crippen LogP contribution in [0.2, 0.25) is 0 Å². The fourth-order valence-electron chi connectivity index (χ4n) is 3.42. The molecule has 4 unspecified atom stereocenters. The van der Waals surface area contributed by atoms with E-state index in [4.69, 9.17) is 0 Å². The molecule has 3 heteroatoms. The zero-order chi connectivity index (χ0) is 12.6. The summed E-state index contributed by atoms with van der Waals surface area (Å²) in [5, 5.41) is 3.55. The van der Waals surface area contributed by atoms with Crippen molar-refractivity contribution in [2.24, 2.45) is 11.8 Å². The van der Waals surface area contributed by atoms with Gasteiger partial charge < -0.3 is 10.2 Å². The lowest BCUT2D eigenvalue weighted by atomic mass is 9.87. The second-order valence-corrected chi connectivity index (χ2v) is 6.32. The van der Waals surface area contributed by atoms with Gasteiger partial charge in [0.25, 0.3) is 0 Å². The summed E-state index contributed by atoms with van der Waals surface area (Å²) in [5.41, 5.74) is 0. The molecular weight excluding hydrogens is 212 g/mol. The van der Waals surface area contributed by atoms with Gasteiger partial charge in [-0.05, 0) is 38.5 Å². The summed E-state index contributed by atoms with van der Waals surface area (Å²) in [7, 11) is 1.97. The molecule has 3 nitrogen and oxygen atoms in total. The Labute approximate surface area is 105 Å². The van der Waals surface area contributed by atoms with Gasteiger partial charge in [0.1, 0.15) is 0 Å². The largest absolute Gasteiger partial charge is 0.343 e. The quantitative estimate of drug-likeness (QED) is 0.812. The summed E-state index contributed by atoms with van der Waals surface area (Å²) in [6.45, 7) is 6.60. The number of amides is 1. The van der Waals surface area contributed by atoms with E-state index in [1.54, 1.807) is 0 Å². The topological polar surface area (TPSA) is 32.3 Å². The number of rotatable bonds is 4. The van der Waals surface area contributed by atoms with Crippen LogP contribution in [0.15, 0.2) is 0 Å². The molecule has 2 aliphatic heterocycles. The van der Waals surface area contributed by atoms with Crippen LogP contribution in [0.5, 0.6) is 0 Å². The summed E-state index contributed by atoms with van der Waals surface area (Å²) in [6, 6.07) is 1.44. The Balaban J connectivity index is 1.91. The number of hydrogen-bond acceptors (Lipinski definition) is 2. The summed E-state index contributed by atoms with van der Waals surface area (Å²) < 4.78 is 0. The second-order valence-electron chi connectivity index (χ2n) is 6.32. The van der Waals surface area contributed by atoms with Gasteiger partial charge in [-0.25, -0.2) is 0 Å². The Hall–Kier alpha value is -0.570. The van der Waals surface area contributed by atoms with Crippen LogP contribution in [0, 0.1) is 11.8 Å². The number of fused-ring (bicyclic) bond motifs is 2. The fourth-order valence-corrected chi connectivity index (χ4v) is 3.42. The van der Waals surface area contributed by atoms with Crippen LogP contribution >= 0.6 is 0 Å². The monoisotopic (exact) mass is 238 g/mol. The van der Waals surface area contributed by atoms with E-state index in [2.05, 4.69) is 26.1 Å². The zero-order valence-corrected chi connectivity index (χ0v) is 11.6. The molecule has 2 fully saturated rings. The smallest absolute Gasteiger partial charge is 0.227 e. The van der Waals surface area contributed by atoms with Crippen LogP contribution in [-0.4, -0.2) is 36.0 Å². The van der Waals surface area contributed by atoms with Gasteiger partial charge in [0.2, 0.25) is 5.91 Å². The van der Waals surface area contributed by atoms with E-state index in [-0.39, 0.29) is 5.92 Å². The third kappa shape index (κ3) is 2.65. The van der Waals surface area contributed by atoms with Gasteiger partial charge in [0.05, 0.1) is 5.92 Å².